The van der Waals surface area contributed by atoms with Crippen molar-refractivity contribution < 1.29 is 13.6 Å². The highest BCUT2D eigenvalue weighted by molar-refractivity contribution is 5.94. The van der Waals surface area contributed by atoms with E-state index in [0.29, 0.717) is 11.2 Å². The van der Waals surface area contributed by atoms with Gasteiger partial charge in [-0.05, 0) is 48.0 Å². The second-order valence-electron chi connectivity index (χ2n) is 8.67. The fourth-order valence-corrected chi connectivity index (χ4v) is 4.01. The first-order chi connectivity index (χ1) is 17.8. The summed E-state index contributed by atoms with van der Waals surface area (Å²) in [5, 5.41) is 6.12. The fourth-order valence-electron chi connectivity index (χ4n) is 4.01. The molecule has 1 amide bonds. The van der Waals surface area contributed by atoms with Gasteiger partial charge in [0.15, 0.2) is 5.65 Å². The van der Waals surface area contributed by atoms with E-state index in [1.54, 1.807) is 48.8 Å². The zero-order valence-corrected chi connectivity index (χ0v) is 19.8. The van der Waals surface area contributed by atoms with Crippen LogP contribution < -0.4 is 16.2 Å². The Morgan fingerprint density at radius 3 is 2.49 bits per heavy atom. The monoisotopic (exact) mass is 499 g/mol. The molecule has 3 heterocycles. The van der Waals surface area contributed by atoms with Gasteiger partial charge in [-0.1, -0.05) is 24.3 Å². The van der Waals surface area contributed by atoms with Crippen LogP contribution in [0.15, 0.2) is 96.2 Å². The predicted octanol–water partition coefficient (Wildman–Crippen LogP) is 5.47. The summed E-state index contributed by atoms with van der Waals surface area (Å²) in [6, 6.07) is 20.0. The summed E-state index contributed by atoms with van der Waals surface area (Å²) in [6.45, 7) is 1.08. The standard InChI is InChI=1S/C28H23F2N5O2/c1-28(29,30)21-6-2-18(3-7-21)17-33-27(37)19-4-8-22(9-5-19)34-23-10-11-24(35-15-14-32-26(23)35)20-12-13-31-25(36)16-20/h2-16,34H,17H2,1H3,(H,31,36)(H,33,37). The molecule has 0 saturated heterocycles. The van der Waals surface area contributed by atoms with Gasteiger partial charge in [0.25, 0.3) is 11.8 Å². The number of carbonyl (C=O) groups is 1. The van der Waals surface area contributed by atoms with Crippen molar-refractivity contribution in [2.75, 3.05) is 5.32 Å². The Morgan fingerprint density at radius 2 is 1.78 bits per heavy atom. The second kappa shape index (κ2) is 9.69. The van der Waals surface area contributed by atoms with Crippen LogP contribution in [0.4, 0.5) is 20.2 Å². The van der Waals surface area contributed by atoms with E-state index in [2.05, 4.69) is 20.6 Å². The van der Waals surface area contributed by atoms with Gasteiger partial charge < -0.3 is 15.6 Å². The van der Waals surface area contributed by atoms with Crippen LogP contribution in [-0.4, -0.2) is 20.3 Å². The summed E-state index contributed by atoms with van der Waals surface area (Å²) >= 11 is 0. The van der Waals surface area contributed by atoms with Crippen LogP contribution in [0.2, 0.25) is 0 Å². The number of alkyl halides is 2. The Hall–Kier alpha value is -4.79. The Morgan fingerprint density at radius 1 is 1.03 bits per heavy atom. The van der Waals surface area contributed by atoms with Crippen LogP contribution in [0, 0.1) is 0 Å². The number of H-pyrrole nitrogens is 1. The maximum absolute atomic E-state index is 13.4. The molecule has 3 aromatic heterocycles. The number of carbonyl (C=O) groups excluding carboxylic acids is 1. The highest BCUT2D eigenvalue weighted by Gasteiger charge is 2.23. The van der Waals surface area contributed by atoms with Crippen LogP contribution in [0.5, 0.6) is 0 Å². The van der Waals surface area contributed by atoms with E-state index in [9.17, 15) is 18.4 Å². The van der Waals surface area contributed by atoms with Crippen LogP contribution >= 0.6 is 0 Å². The maximum Gasteiger partial charge on any atom is 0.270 e. The van der Waals surface area contributed by atoms with Gasteiger partial charge in [-0.15, -0.1) is 0 Å². The summed E-state index contributed by atoms with van der Waals surface area (Å²) in [5.74, 6) is -3.17. The molecule has 37 heavy (non-hydrogen) atoms. The third-order valence-electron chi connectivity index (χ3n) is 5.96. The van der Waals surface area contributed by atoms with Gasteiger partial charge >= 0.3 is 0 Å². The fraction of sp³-hybridized carbons (Fsp3) is 0.107. The smallest absolute Gasteiger partial charge is 0.270 e. The predicted molar refractivity (Wildman–Crippen MR) is 138 cm³/mol. The van der Waals surface area contributed by atoms with Gasteiger partial charge in [-0.25, -0.2) is 13.8 Å². The molecule has 7 nitrogen and oxygen atoms in total. The lowest BCUT2D eigenvalue weighted by Crippen LogP contribution is -2.22. The summed E-state index contributed by atoms with van der Waals surface area (Å²) < 4.78 is 28.6. The molecule has 0 saturated carbocycles. The third kappa shape index (κ3) is 5.25. The molecule has 0 aliphatic rings. The summed E-state index contributed by atoms with van der Waals surface area (Å²) in [7, 11) is 0. The maximum atomic E-state index is 13.4. The number of aromatic amines is 1. The zero-order valence-electron chi connectivity index (χ0n) is 19.8. The quantitative estimate of drug-likeness (QED) is 0.277. The van der Waals surface area contributed by atoms with Crippen molar-refractivity contribution in [3.8, 4) is 11.3 Å². The van der Waals surface area contributed by atoms with Gasteiger partial charge in [0, 0.05) is 60.5 Å². The van der Waals surface area contributed by atoms with Gasteiger partial charge in [0.05, 0.1) is 11.4 Å². The van der Waals surface area contributed by atoms with E-state index >= 15 is 0 Å². The van der Waals surface area contributed by atoms with Crippen LogP contribution in [0.3, 0.4) is 0 Å². The normalized spacial score (nSPS) is 11.4. The zero-order chi connectivity index (χ0) is 26.0. The van der Waals surface area contributed by atoms with Gasteiger partial charge in [0.2, 0.25) is 5.56 Å². The Bertz CT molecular complexity index is 1620. The van der Waals surface area contributed by atoms with Crippen molar-refractivity contribution in [1.29, 1.82) is 0 Å². The Labute approximate surface area is 210 Å². The lowest BCUT2D eigenvalue weighted by molar-refractivity contribution is 0.0174. The molecule has 0 radical (unpaired) electrons. The molecular formula is C28H23F2N5O2. The van der Waals surface area contributed by atoms with E-state index in [1.807, 2.05) is 28.8 Å². The number of nitrogens with zero attached hydrogens (tertiary/aromatic N) is 2. The molecule has 2 aromatic carbocycles. The number of aromatic nitrogens is 3. The highest BCUT2D eigenvalue weighted by atomic mass is 19.3. The van der Waals surface area contributed by atoms with Crippen molar-refractivity contribution in [1.82, 2.24) is 19.7 Å². The summed E-state index contributed by atoms with van der Waals surface area (Å²) in [6.07, 6.45) is 5.12. The lowest BCUT2D eigenvalue weighted by Gasteiger charge is -2.12. The lowest BCUT2D eigenvalue weighted by atomic mass is 10.1. The van der Waals surface area contributed by atoms with Crippen molar-refractivity contribution in [2.45, 2.75) is 19.4 Å². The number of hydrogen-bond acceptors (Lipinski definition) is 4. The highest BCUT2D eigenvalue weighted by Crippen LogP contribution is 2.28. The van der Waals surface area contributed by atoms with Crippen LogP contribution in [0.25, 0.3) is 16.9 Å². The minimum absolute atomic E-state index is 0.0664. The molecule has 0 aliphatic heterocycles. The number of pyridine rings is 2. The SMILES string of the molecule is CC(F)(F)c1ccc(CNC(=O)c2ccc(Nc3ccc(-c4cc[nH]c(=O)c4)n4ccnc34)cc2)cc1. The summed E-state index contributed by atoms with van der Waals surface area (Å²) in [5.41, 5.74) is 4.76. The molecule has 9 heteroatoms. The minimum Gasteiger partial charge on any atom is -0.352 e. The van der Waals surface area contributed by atoms with E-state index in [4.69, 9.17) is 0 Å². The third-order valence-corrected chi connectivity index (χ3v) is 5.96. The van der Waals surface area contributed by atoms with Gasteiger partial charge in [-0.2, -0.15) is 0 Å². The number of hydrogen-bond donors (Lipinski definition) is 3. The summed E-state index contributed by atoms with van der Waals surface area (Å²) in [4.78, 5) is 31.4. The molecule has 5 rings (SSSR count). The van der Waals surface area contributed by atoms with Crippen molar-refractivity contribution in [3.05, 3.63) is 118 Å². The van der Waals surface area contributed by atoms with Crippen molar-refractivity contribution in [2.24, 2.45) is 0 Å². The van der Waals surface area contributed by atoms with E-state index < -0.39 is 5.92 Å². The number of amides is 1. The molecule has 0 atom stereocenters. The topological polar surface area (TPSA) is 91.3 Å². The Balaban J connectivity index is 1.26. The molecular weight excluding hydrogens is 476 g/mol. The molecule has 0 aliphatic carbocycles. The number of nitrogens with one attached hydrogen (secondary N) is 3. The number of halogens is 2. The van der Waals surface area contributed by atoms with Crippen molar-refractivity contribution >= 4 is 22.9 Å². The molecule has 3 N–H and O–H groups in total. The number of fused-ring (bicyclic) bond motifs is 1. The number of benzene rings is 2. The van der Waals surface area contributed by atoms with Gasteiger partial charge in [0.1, 0.15) is 0 Å². The molecule has 0 fully saturated rings. The first-order valence-electron chi connectivity index (χ1n) is 11.6. The van der Waals surface area contributed by atoms with Crippen LogP contribution in [-0.2, 0) is 12.5 Å². The first kappa shape index (κ1) is 23.9. The number of imidazole rings is 1. The van der Waals surface area contributed by atoms with E-state index in [-0.39, 0.29) is 23.6 Å². The molecule has 0 spiro atoms. The average molecular weight is 500 g/mol. The van der Waals surface area contributed by atoms with Gasteiger partial charge in [-0.3, -0.25) is 14.0 Å². The largest absolute Gasteiger partial charge is 0.352 e. The minimum atomic E-state index is -2.90. The molecule has 186 valence electrons. The number of anilines is 2. The molecule has 0 bridgehead atoms. The van der Waals surface area contributed by atoms with E-state index in [1.165, 1.54) is 18.2 Å². The van der Waals surface area contributed by atoms with Crippen LogP contribution in [0.1, 0.15) is 28.4 Å². The average Bonchev–Trinajstić information content (AvgIpc) is 3.38. The number of rotatable bonds is 7. The first-order valence-corrected chi connectivity index (χ1v) is 11.6. The van der Waals surface area contributed by atoms with Crippen molar-refractivity contribution in [3.63, 3.8) is 0 Å². The molecule has 0 unspecified atom stereocenters. The second-order valence-corrected chi connectivity index (χ2v) is 8.67. The van der Waals surface area contributed by atoms with E-state index in [0.717, 1.165) is 35.1 Å². The molecule has 5 aromatic rings. The Kier molecular flexibility index (Phi) is 6.27.